The van der Waals surface area contributed by atoms with Gasteiger partial charge in [0.1, 0.15) is 11.4 Å². The minimum absolute atomic E-state index is 0.390. The van der Waals surface area contributed by atoms with Crippen LogP contribution in [0, 0.1) is 0 Å². The summed E-state index contributed by atoms with van der Waals surface area (Å²) < 4.78 is 8.51. The molecule has 0 radical (unpaired) electrons. The maximum Gasteiger partial charge on any atom is 0.407 e. The van der Waals surface area contributed by atoms with Crippen molar-refractivity contribution in [1.82, 2.24) is 14.9 Å². The fraction of sp³-hybridized carbons (Fsp3) is 0.529. The second-order valence-corrected chi connectivity index (χ2v) is 7.41. The van der Waals surface area contributed by atoms with Crippen molar-refractivity contribution in [2.24, 2.45) is 0 Å². The summed E-state index contributed by atoms with van der Waals surface area (Å²) >= 11 is 3.51. The number of aryl methyl sites for hydroxylation is 1. The van der Waals surface area contributed by atoms with E-state index in [4.69, 9.17) is 9.72 Å². The van der Waals surface area contributed by atoms with Crippen LogP contribution in [0.3, 0.4) is 0 Å². The number of nitrogens with zero attached hydrogens (tertiary/aromatic N) is 2. The molecule has 1 amide bonds. The largest absolute Gasteiger partial charge is 0.444 e. The maximum atomic E-state index is 11.7. The van der Waals surface area contributed by atoms with E-state index in [1.54, 1.807) is 0 Å². The second-order valence-electron chi connectivity index (χ2n) is 6.49. The standard InChI is InChI=1S/C17H24BrN3O2/c1-5-10-21-14-11-12(18)6-7-13(14)20-15(21)8-9-19-16(22)23-17(2,3)4/h6-7,11H,5,8-10H2,1-4H3,(H,19,22). The van der Waals surface area contributed by atoms with Gasteiger partial charge in [-0.3, -0.25) is 0 Å². The van der Waals surface area contributed by atoms with Crippen LogP contribution in [0.15, 0.2) is 22.7 Å². The number of halogens is 1. The minimum atomic E-state index is -0.480. The molecule has 0 aliphatic carbocycles. The molecule has 23 heavy (non-hydrogen) atoms. The number of aromatic nitrogens is 2. The average molecular weight is 382 g/mol. The molecule has 0 atom stereocenters. The van der Waals surface area contributed by atoms with Crippen LogP contribution in [0.5, 0.6) is 0 Å². The molecule has 0 saturated heterocycles. The van der Waals surface area contributed by atoms with Crippen LogP contribution in [0.2, 0.25) is 0 Å². The van der Waals surface area contributed by atoms with Crippen molar-refractivity contribution < 1.29 is 9.53 Å². The van der Waals surface area contributed by atoms with E-state index in [1.165, 1.54) is 0 Å². The third-order valence-electron chi connectivity index (χ3n) is 3.25. The Hall–Kier alpha value is -1.56. The van der Waals surface area contributed by atoms with Gasteiger partial charge in [0.05, 0.1) is 11.0 Å². The van der Waals surface area contributed by atoms with Crippen LogP contribution in [-0.2, 0) is 17.7 Å². The monoisotopic (exact) mass is 381 g/mol. The highest BCUT2D eigenvalue weighted by Gasteiger charge is 2.16. The molecule has 6 heteroatoms. The molecule has 0 fully saturated rings. The van der Waals surface area contributed by atoms with Crippen molar-refractivity contribution in [3.63, 3.8) is 0 Å². The molecule has 1 N–H and O–H groups in total. The number of nitrogens with one attached hydrogen (secondary N) is 1. The summed E-state index contributed by atoms with van der Waals surface area (Å²) in [5, 5.41) is 2.79. The Morgan fingerprint density at radius 1 is 1.39 bits per heavy atom. The van der Waals surface area contributed by atoms with Gasteiger partial charge in [-0.1, -0.05) is 22.9 Å². The molecule has 0 bridgehead atoms. The van der Waals surface area contributed by atoms with Gasteiger partial charge in [-0.2, -0.15) is 0 Å². The Morgan fingerprint density at radius 2 is 2.13 bits per heavy atom. The smallest absolute Gasteiger partial charge is 0.407 e. The van der Waals surface area contributed by atoms with E-state index in [9.17, 15) is 4.79 Å². The highest BCUT2D eigenvalue weighted by Crippen LogP contribution is 2.21. The Balaban J connectivity index is 2.07. The molecule has 1 aromatic heterocycles. The zero-order valence-corrected chi connectivity index (χ0v) is 15.7. The van der Waals surface area contributed by atoms with Gasteiger partial charge in [-0.05, 0) is 45.4 Å². The SMILES string of the molecule is CCCn1c(CCNC(=O)OC(C)(C)C)nc2ccc(Br)cc21. The number of hydrogen-bond donors (Lipinski definition) is 1. The zero-order chi connectivity index (χ0) is 17.0. The summed E-state index contributed by atoms with van der Waals surface area (Å²) in [6.07, 6.45) is 1.31. The van der Waals surface area contributed by atoms with E-state index >= 15 is 0 Å². The molecule has 5 nitrogen and oxygen atoms in total. The molecule has 126 valence electrons. The first-order valence-corrected chi connectivity index (χ1v) is 8.71. The Morgan fingerprint density at radius 3 is 2.78 bits per heavy atom. The van der Waals surface area contributed by atoms with Crippen molar-refractivity contribution in [1.29, 1.82) is 0 Å². The highest BCUT2D eigenvalue weighted by molar-refractivity contribution is 9.10. The fourth-order valence-corrected chi connectivity index (χ4v) is 2.75. The number of rotatable bonds is 5. The van der Waals surface area contributed by atoms with Crippen molar-refractivity contribution in [3.8, 4) is 0 Å². The average Bonchev–Trinajstić information content (AvgIpc) is 2.75. The highest BCUT2D eigenvalue weighted by atomic mass is 79.9. The quantitative estimate of drug-likeness (QED) is 0.840. The first-order valence-electron chi connectivity index (χ1n) is 7.91. The van der Waals surface area contributed by atoms with Crippen LogP contribution in [-0.4, -0.2) is 27.8 Å². The number of carbonyl (C=O) groups excluding carboxylic acids is 1. The summed E-state index contributed by atoms with van der Waals surface area (Å²) in [7, 11) is 0. The molecular weight excluding hydrogens is 358 g/mol. The molecule has 0 saturated carbocycles. The number of alkyl carbamates (subject to hydrolysis) is 1. The number of fused-ring (bicyclic) bond motifs is 1. The molecule has 0 aliphatic rings. The number of hydrogen-bond acceptors (Lipinski definition) is 3. The Bertz CT molecular complexity index is 689. The van der Waals surface area contributed by atoms with Gasteiger partial charge in [-0.15, -0.1) is 0 Å². The van der Waals surface area contributed by atoms with Crippen LogP contribution in [0.4, 0.5) is 4.79 Å². The molecule has 0 unspecified atom stereocenters. The lowest BCUT2D eigenvalue weighted by Gasteiger charge is -2.19. The lowest BCUT2D eigenvalue weighted by molar-refractivity contribution is 0.0528. The third kappa shape index (κ3) is 4.96. The van der Waals surface area contributed by atoms with Gasteiger partial charge in [0.15, 0.2) is 0 Å². The second kappa shape index (κ2) is 7.34. The van der Waals surface area contributed by atoms with Gasteiger partial charge < -0.3 is 14.6 Å². The third-order valence-corrected chi connectivity index (χ3v) is 3.75. The van der Waals surface area contributed by atoms with Crippen molar-refractivity contribution >= 4 is 33.1 Å². The first kappa shape index (κ1) is 17.8. The molecule has 2 aromatic rings. The van der Waals surface area contributed by atoms with E-state index in [0.29, 0.717) is 13.0 Å². The lowest BCUT2D eigenvalue weighted by atomic mass is 10.2. The molecule has 0 aliphatic heterocycles. The summed E-state index contributed by atoms with van der Waals surface area (Å²) in [6.45, 7) is 9.12. The Labute approximate surface area is 145 Å². The first-order chi connectivity index (χ1) is 10.8. The molecule has 0 spiro atoms. The number of benzene rings is 1. The molecular formula is C17H24BrN3O2. The van der Waals surface area contributed by atoms with E-state index in [2.05, 4.69) is 38.8 Å². The number of amides is 1. The predicted molar refractivity (Wildman–Crippen MR) is 95.7 cm³/mol. The number of imidazole rings is 1. The van der Waals surface area contributed by atoms with Gasteiger partial charge in [0, 0.05) is 24.0 Å². The molecule has 1 heterocycles. The van der Waals surface area contributed by atoms with Gasteiger partial charge in [-0.25, -0.2) is 9.78 Å². The number of ether oxygens (including phenoxy) is 1. The van der Waals surface area contributed by atoms with E-state index in [-0.39, 0.29) is 0 Å². The topological polar surface area (TPSA) is 56.2 Å². The lowest BCUT2D eigenvalue weighted by Crippen LogP contribution is -2.33. The van der Waals surface area contributed by atoms with E-state index < -0.39 is 11.7 Å². The van der Waals surface area contributed by atoms with Crippen LogP contribution >= 0.6 is 15.9 Å². The fourth-order valence-electron chi connectivity index (χ4n) is 2.40. The summed E-state index contributed by atoms with van der Waals surface area (Å²) in [4.78, 5) is 16.4. The van der Waals surface area contributed by atoms with Crippen LogP contribution in [0.25, 0.3) is 11.0 Å². The molecule has 2 rings (SSSR count). The van der Waals surface area contributed by atoms with Crippen LogP contribution in [0.1, 0.15) is 39.9 Å². The normalized spacial score (nSPS) is 11.7. The summed E-state index contributed by atoms with van der Waals surface area (Å²) in [6, 6.07) is 6.09. The Kier molecular flexibility index (Phi) is 5.68. The molecule has 1 aromatic carbocycles. The van der Waals surface area contributed by atoms with Crippen molar-refractivity contribution in [2.45, 2.75) is 52.7 Å². The number of carbonyl (C=O) groups is 1. The van der Waals surface area contributed by atoms with Crippen LogP contribution < -0.4 is 5.32 Å². The predicted octanol–water partition coefficient (Wildman–Crippen LogP) is 4.28. The zero-order valence-electron chi connectivity index (χ0n) is 14.1. The van der Waals surface area contributed by atoms with E-state index in [0.717, 1.165) is 34.3 Å². The summed E-state index contributed by atoms with van der Waals surface area (Å²) in [5.74, 6) is 0.982. The van der Waals surface area contributed by atoms with Crippen molar-refractivity contribution in [2.75, 3.05) is 6.54 Å². The minimum Gasteiger partial charge on any atom is -0.444 e. The maximum absolute atomic E-state index is 11.7. The van der Waals surface area contributed by atoms with Gasteiger partial charge in [0.25, 0.3) is 0 Å². The summed E-state index contributed by atoms with van der Waals surface area (Å²) in [5.41, 5.74) is 1.62. The van der Waals surface area contributed by atoms with Crippen molar-refractivity contribution in [3.05, 3.63) is 28.5 Å². The van der Waals surface area contributed by atoms with E-state index in [1.807, 2.05) is 32.9 Å². The van der Waals surface area contributed by atoms with Gasteiger partial charge in [0.2, 0.25) is 0 Å². The van der Waals surface area contributed by atoms with Gasteiger partial charge >= 0.3 is 6.09 Å².